The van der Waals surface area contributed by atoms with Crippen molar-refractivity contribution in [1.29, 1.82) is 0 Å². The van der Waals surface area contributed by atoms with E-state index in [0.717, 1.165) is 12.5 Å². The molecule has 0 spiro atoms. The number of ketones is 2. The number of unbranched alkanes of at least 4 members (excludes halogenated alkanes) is 1. The molecule has 0 saturated heterocycles. The van der Waals surface area contributed by atoms with Gasteiger partial charge < -0.3 is 24.1 Å². The van der Waals surface area contributed by atoms with Crippen molar-refractivity contribution in [2.75, 3.05) is 33.0 Å². The minimum atomic E-state index is -2.35. The van der Waals surface area contributed by atoms with Crippen LogP contribution in [0.25, 0.3) is 0 Å². The molecule has 3 saturated carbocycles. The maximum atomic E-state index is 17.6. The van der Waals surface area contributed by atoms with Gasteiger partial charge in [-0.05, 0) is 62.7 Å². The average Bonchev–Trinajstić information content (AvgIpc) is 3.21. The number of allylic oxidation sites excluding steroid dienone is 4. The Bertz CT molecular complexity index is 1220. The highest BCUT2D eigenvalue weighted by Gasteiger charge is 2.78. The molecule has 9 nitrogen and oxygen atoms in total. The molecule has 0 bridgehead atoms. The van der Waals surface area contributed by atoms with Crippen LogP contribution in [0.4, 0.5) is 8.78 Å². The van der Waals surface area contributed by atoms with Crippen LogP contribution in [0, 0.1) is 28.6 Å². The van der Waals surface area contributed by atoms with Gasteiger partial charge in [-0.25, -0.2) is 13.6 Å². The van der Waals surface area contributed by atoms with Crippen molar-refractivity contribution in [3.8, 4) is 0 Å². The van der Waals surface area contributed by atoms with Gasteiger partial charge in [-0.1, -0.05) is 40.2 Å². The molecule has 9 atom stereocenters. The van der Waals surface area contributed by atoms with Crippen molar-refractivity contribution in [3.63, 3.8) is 0 Å². The number of halogens is 2. The summed E-state index contributed by atoms with van der Waals surface area (Å²) < 4.78 is 55.5. The molecule has 4 rings (SSSR count). The SMILES string of the molecule is CCCCC(=O)OC1(C(=O)COC(=O)COCCOCCC)C(C)CC2C3CC(F)C4=CC(=O)C=CC4(C)C3(F)C(O)CC21C. The lowest BCUT2D eigenvalue weighted by molar-refractivity contribution is -0.232. The fourth-order valence-electron chi connectivity index (χ4n) is 8.76. The molecule has 0 aromatic carbocycles. The minimum Gasteiger partial charge on any atom is -0.456 e. The van der Waals surface area contributed by atoms with E-state index < -0.39 is 88.8 Å². The van der Waals surface area contributed by atoms with Crippen molar-refractivity contribution in [2.45, 2.75) is 103 Å². The van der Waals surface area contributed by atoms with E-state index in [4.69, 9.17) is 18.9 Å². The van der Waals surface area contributed by atoms with Crippen molar-refractivity contribution >= 4 is 23.5 Å². The number of hydrogen-bond acceptors (Lipinski definition) is 9. The van der Waals surface area contributed by atoms with Gasteiger partial charge in [0.1, 0.15) is 12.8 Å². The second kappa shape index (κ2) is 13.7. The Morgan fingerprint density at radius 3 is 2.40 bits per heavy atom. The molecule has 252 valence electrons. The Balaban J connectivity index is 1.64. The Kier molecular flexibility index (Phi) is 10.8. The van der Waals surface area contributed by atoms with E-state index in [-0.39, 0.29) is 37.9 Å². The number of fused-ring (bicyclic) bond motifs is 5. The number of esters is 2. The summed E-state index contributed by atoms with van der Waals surface area (Å²) in [6, 6.07) is 0. The van der Waals surface area contributed by atoms with Crippen LogP contribution in [0.3, 0.4) is 0 Å². The summed E-state index contributed by atoms with van der Waals surface area (Å²) in [5.41, 5.74) is -7.10. The molecule has 11 heteroatoms. The summed E-state index contributed by atoms with van der Waals surface area (Å²) in [4.78, 5) is 52.0. The number of alkyl halides is 2. The zero-order chi connectivity index (χ0) is 33.2. The van der Waals surface area contributed by atoms with Crippen molar-refractivity contribution < 1.29 is 52.0 Å². The second-order valence-electron chi connectivity index (χ2n) is 13.6. The van der Waals surface area contributed by atoms with Crippen LogP contribution in [-0.4, -0.2) is 85.2 Å². The summed E-state index contributed by atoms with van der Waals surface area (Å²) in [5.74, 6) is -4.91. The summed E-state index contributed by atoms with van der Waals surface area (Å²) in [7, 11) is 0. The Morgan fingerprint density at radius 2 is 1.71 bits per heavy atom. The van der Waals surface area contributed by atoms with Crippen LogP contribution >= 0.6 is 0 Å². The monoisotopic (exact) mass is 638 g/mol. The van der Waals surface area contributed by atoms with E-state index >= 15 is 8.78 Å². The Labute approximate surface area is 264 Å². The highest BCUT2D eigenvalue weighted by atomic mass is 19.1. The largest absolute Gasteiger partial charge is 0.456 e. The van der Waals surface area contributed by atoms with Gasteiger partial charge >= 0.3 is 11.9 Å². The van der Waals surface area contributed by atoms with E-state index in [1.807, 2.05) is 13.8 Å². The van der Waals surface area contributed by atoms with Crippen LogP contribution in [0.5, 0.6) is 0 Å². The maximum absolute atomic E-state index is 17.6. The molecule has 0 amide bonds. The number of aliphatic hydroxyl groups excluding tert-OH is 1. The van der Waals surface area contributed by atoms with Gasteiger partial charge in [0.2, 0.25) is 5.78 Å². The molecule has 1 N–H and O–H groups in total. The molecular formula is C34H48F2O9. The van der Waals surface area contributed by atoms with Gasteiger partial charge in [0.15, 0.2) is 23.7 Å². The lowest BCUT2D eigenvalue weighted by atomic mass is 9.44. The summed E-state index contributed by atoms with van der Waals surface area (Å²) >= 11 is 0. The molecule has 0 heterocycles. The Hall–Kier alpha value is -2.50. The zero-order valence-corrected chi connectivity index (χ0v) is 27.1. The smallest absolute Gasteiger partial charge is 0.332 e. The molecule has 45 heavy (non-hydrogen) atoms. The molecule has 4 aliphatic rings. The number of rotatable bonds is 14. The minimum absolute atomic E-state index is 0.00170. The predicted octanol–water partition coefficient (Wildman–Crippen LogP) is 4.58. The number of carbonyl (C=O) groups is 4. The highest BCUT2D eigenvalue weighted by Crippen LogP contribution is 2.71. The molecule has 0 radical (unpaired) electrons. The maximum Gasteiger partial charge on any atom is 0.332 e. The van der Waals surface area contributed by atoms with Gasteiger partial charge in [0.05, 0.1) is 19.3 Å². The van der Waals surface area contributed by atoms with Gasteiger partial charge in [-0.3, -0.25) is 14.4 Å². The van der Waals surface area contributed by atoms with Crippen LogP contribution < -0.4 is 0 Å². The van der Waals surface area contributed by atoms with E-state index in [1.165, 1.54) is 19.1 Å². The van der Waals surface area contributed by atoms with E-state index in [0.29, 0.717) is 26.1 Å². The normalized spacial score (nSPS) is 38.5. The van der Waals surface area contributed by atoms with Crippen LogP contribution in [-0.2, 0) is 38.1 Å². The van der Waals surface area contributed by atoms with Gasteiger partial charge in [-0.2, -0.15) is 0 Å². The lowest BCUT2D eigenvalue weighted by Gasteiger charge is -2.63. The van der Waals surface area contributed by atoms with Crippen molar-refractivity contribution in [3.05, 3.63) is 23.8 Å². The number of aliphatic hydroxyl groups is 1. The third-order valence-electron chi connectivity index (χ3n) is 10.9. The highest BCUT2D eigenvalue weighted by molar-refractivity contribution is 6.01. The zero-order valence-electron chi connectivity index (χ0n) is 27.1. The first-order valence-corrected chi connectivity index (χ1v) is 16.2. The molecule has 4 aliphatic carbocycles. The van der Waals surface area contributed by atoms with Crippen LogP contribution in [0.15, 0.2) is 23.8 Å². The quantitative estimate of drug-likeness (QED) is 0.215. The van der Waals surface area contributed by atoms with Crippen molar-refractivity contribution in [2.24, 2.45) is 28.6 Å². The first kappa shape index (κ1) is 35.4. The summed E-state index contributed by atoms with van der Waals surface area (Å²) in [5, 5.41) is 11.7. The third kappa shape index (κ3) is 5.93. The second-order valence-corrected chi connectivity index (χ2v) is 13.6. The van der Waals surface area contributed by atoms with Crippen LogP contribution in [0.2, 0.25) is 0 Å². The van der Waals surface area contributed by atoms with Crippen LogP contribution in [0.1, 0.15) is 79.6 Å². The molecular weight excluding hydrogens is 590 g/mol. The molecule has 3 fully saturated rings. The molecule has 0 aromatic heterocycles. The first-order chi connectivity index (χ1) is 21.2. The number of hydrogen-bond donors (Lipinski definition) is 1. The van der Waals surface area contributed by atoms with Gasteiger partial charge in [0, 0.05) is 35.7 Å². The number of carbonyl (C=O) groups excluding carboxylic acids is 4. The lowest BCUT2D eigenvalue weighted by Crippen LogP contribution is -2.71. The molecule has 0 aliphatic heterocycles. The summed E-state index contributed by atoms with van der Waals surface area (Å²) in [6.45, 7) is 8.71. The van der Waals surface area contributed by atoms with Crippen molar-refractivity contribution in [1.82, 2.24) is 0 Å². The fraction of sp³-hybridized carbons (Fsp3) is 0.765. The van der Waals surface area contributed by atoms with E-state index in [2.05, 4.69) is 0 Å². The molecule has 9 unspecified atom stereocenters. The van der Waals surface area contributed by atoms with E-state index in [9.17, 15) is 24.3 Å². The van der Waals surface area contributed by atoms with Gasteiger partial charge in [0.25, 0.3) is 0 Å². The summed E-state index contributed by atoms with van der Waals surface area (Å²) in [6.07, 6.45) is 2.13. The number of ether oxygens (including phenoxy) is 4. The fourth-order valence-corrected chi connectivity index (χ4v) is 8.76. The number of Topliss-reactive ketones (excluding diaryl/α,β-unsaturated/α-hetero) is 1. The van der Waals surface area contributed by atoms with E-state index in [1.54, 1.807) is 13.8 Å². The topological polar surface area (TPSA) is 125 Å². The standard InChI is InChI=1S/C34H48F2O9/c1-6-8-9-29(40)45-34(28(39)19-44-30(41)20-43-14-13-42-12-7-2)21(3)15-23-24-17-26(35)25-16-22(37)10-11-31(25,4)33(24,36)27(38)18-32(23,34)5/h10-11,16,21,23-24,26-27,38H,6-9,12-15,17-20H2,1-5H3. The molecule has 0 aromatic rings. The third-order valence-corrected chi connectivity index (χ3v) is 10.9. The Morgan fingerprint density at radius 1 is 1.00 bits per heavy atom. The predicted molar refractivity (Wildman–Crippen MR) is 159 cm³/mol. The van der Waals surface area contributed by atoms with Gasteiger partial charge in [-0.15, -0.1) is 0 Å². The first-order valence-electron chi connectivity index (χ1n) is 16.2. The average molecular weight is 639 g/mol.